The molecule has 1 atom stereocenters. The van der Waals surface area contributed by atoms with Gasteiger partial charge in [-0.15, -0.1) is 0 Å². The fourth-order valence-corrected chi connectivity index (χ4v) is 7.18. The normalized spacial score (nSPS) is 12.8. The zero-order valence-corrected chi connectivity index (χ0v) is 42.9. The van der Waals surface area contributed by atoms with Gasteiger partial charge in [-0.05, 0) is 116 Å². The molecule has 1 unspecified atom stereocenters. The molecule has 6 heteroatoms. The molecule has 0 spiro atoms. The highest BCUT2D eigenvalue weighted by atomic mass is 16.6. The molecule has 66 heavy (non-hydrogen) atoms. The van der Waals surface area contributed by atoms with E-state index in [0.717, 1.165) is 109 Å². The number of hydrogen-bond donors (Lipinski definition) is 0. The van der Waals surface area contributed by atoms with E-state index in [1.807, 2.05) is 0 Å². The van der Waals surface area contributed by atoms with Gasteiger partial charge in [0.25, 0.3) is 0 Å². The Hall–Kier alpha value is -3.67. The molecule has 0 aromatic carbocycles. The number of allylic oxidation sites excluding steroid dienone is 16. The van der Waals surface area contributed by atoms with Crippen LogP contribution in [0, 0.1) is 0 Å². The molecule has 0 amide bonds. The van der Waals surface area contributed by atoms with Crippen molar-refractivity contribution in [1.82, 2.24) is 0 Å². The molecule has 0 fully saturated rings. The third-order valence-corrected chi connectivity index (χ3v) is 11.3. The van der Waals surface area contributed by atoms with E-state index in [4.69, 9.17) is 14.2 Å². The van der Waals surface area contributed by atoms with E-state index in [9.17, 15) is 14.4 Å². The quantitative estimate of drug-likeness (QED) is 0.0262. The minimum absolute atomic E-state index is 0.102. The van der Waals surface area contributed by atoms with Crippen molar-refractivity contribution in [3.63, 3.8) is 0 Å². The lowest BCUT2D eigenvalue weighted by Crippen LogP contribution is -2.30. The average molecular weight is 917 g/mol. The fourth-order valence-electron chi connectivity index (χ4n) is 7.18. The summed E-state index contributed by atoms with van der Waals surface area (Å²) < 4.78 is 16.8. The molecule has 0 heterocycles. The first-order valence-corrected chi connectivity index (χ1v) is 27.2. The van der Waals surface area contributed by atoms with Gasteiger partial charge in [-0.3, -0.25) is 14.4 Å². The summed E-state index contributed by atoms with van der Waals surface area (Å²) in [4.78, 5) is 38.1. The lowest BCUT2D eigenvalue weighted by Gasteiger charge is -2.18. The Bertz CT molecular complexity index is 1330. The number of rotatable bonds is 48. The molecule has 0 N–H and O–H groups in total. The van der Waals surface area contributed by atoms with Crippen molar-refractivity contribution >= 4 is 17.9 Å². The largest absolute Gasteiger partial charge is 0.462 e. The van der Waals surface area contributed by atoms with E-state index in [0.29, 0.717) is 19.3 Å². The first-order chi connectivity index (χ1) is 32.5. The first kappa shape index (κ1) is 62.3. The molecule has 0 saturated heterocycles. The van der Waals surface area contributed by atoms with Gasteiger partial charge in [0, 0.05) is 19.3 Å². The maximum atomic E-state index is 12.8. The monoisotopic (exact) mass is 917 g/mol. The van der Waals surface area contributed by atoms with E-state index in [1.54, 1.807) is 0 Å². The van der Waals surface area contributed by atoms with Gasteiger partial charge in [-0.2, -0.15) is 0 Å². The Kier molecular flexibility index (Phi) is 50.9. The van der Waals surface area contributed by atoms with Crippen molar-refractivity contribution in [3.8, 4) is 0 Å². The number of ether oxygens (including phenoxy) is 3. The van der Waals surface area contributed by atoms with E-state index < -0.39 is 6.10 Å². The van der Waals surface area contributed by atoms with Crippen LogP contribution >= 0.6 is 0 Å². The highest BCUT2D eigenvalue weighted by Crippen LogP contribution is 2.14. The van der Waals surface area contributed by atoms with Crippen molar-refractivity contribution in [2.45, 2.75) is 252 Å². The maximum absolute atomic E-state index is 12.8. The lowest BCUT2D eigenvalue weighted by molar-refractivity contribution is -0.167. The van der Waals surface area contributed by atoms with Crippen LogP contribution in [0.2, 0.25) is 0 Å². The highest BCUT2D eigenvalue weighted by Gasteiger charge is 2.19. The molecular formula is C60H100O6. The minimum Gasteiger partial charge on any atom is -0.462 e. The van der Waals surface area contributed by atoms with Crippen LogP contribution < -0.4 is 0 Å². The zero-order valence-electron chi connectivity index (χ0n) is 42.9. The number of esters is 3. The van der Waals surface area contributed by atoms with Crippen LogP contribution in [-0.2, 0) is 28.6 Å². The number of carbonyl (C=O) groups excluding carboxylic acids is 3. The SMILES string of the molecule is CC/C=C\C/C=C\C/C=C\C/C=C\CCCCC(=O)OC(COC(=O)CCCCCCC/C=C\C/C=C\CCCC)COC(=O)CCCCCCCCCCC/C=C\C/C=C\CCCCC. The van der Waals surface area contributed by atoms with Crippen LogP contribution in [0.25, 0.3) is 0 Å². The second-order valence-corrected chi connectivity index (χ2v) is 17.7. The summed E-state index contributed by atoms with van der Waals surface area (Å²) in [5.74, 6) is -0.963. The second-order valence-electron chi connectivity index (χ2n) is 17.7. The molecule has 0 aliphatic heterocycles. The Balaban J connectivity index is 4.45. The van der Waals surface area contributed by atoms with E-state index in [1.165, 1.54) is 89.9 Å². The van der Waals surface area contributed by atoms with E-state index in [2.05, 4.69) is 118 Å². The van der Waals surface area contributed by atoms with Crippen molar-refractivity contribution in [2.75, 3.05) is 13.2 Å². The molecular weight excluding hydrogens is 817 g/mol. The van der Waals surface area contributed by atoms with Crippen molar-refractivity contribution in [3.05, 3.63) is 97.2 Å². The van der Waals surface area contributed by atoms with Crippen LogP contribution in [0.1, 0.15) is 245 Å². The smallest absolute Gasteiger partial charge is 0.306 e. The Morgan fingerprint density at radius 3 is 1.00 bits per heavy atom. The summed E-state index contributed by atoms with van der Waals surface area (Å²) in [5, 5.41) is 0. The van der Waals surface area contributed by atoms with Crippen molar-refractivity contribution in [1.29, 1.82) is 0 Å². The molecule has 376 valence electrons. The summed E-state index contributed by atoms with van der Waals surface area (Å²) in [6.07, 6.45) is 71.0. The Labute approximate surface area is 407 Å². The van der Waals surface area contributed by atoms with Crippen molar-refractivity contribution in [2.24, 2.45) is 0 Å². The van der Waals surface area contributed by atoms with Gasteiger partial charge in [0.1, 0.15) is 13.2 Å². The summed E-state index contributed by atoms with van der Waals surface area (Å²) in [7, 11) is 0. The van der Waals surface area contributed by atoms with E-state index in [-0.39, 0.29) is 37.5 Å². The van der Waals surface area contributed by atoms with Gasteiger partial charge < -0.3 is 14.2 Å². The molecule has 0 radical (unpaired) electrons. The van der Waals surface area contributed by atoms with Gasteiger partial charge >= 0.3 is 17.9 Å². The van der Waals surface area contributed by atoms with Crippen LogP contribution in [0.15, 0.2) is 97.2 Å². The number of carbonyl (C=O) groups is 3. The van der Waals surface area contributed by atoms with Gasteiger partial charge in [0.15, 0.2) is 6.10 Å². The van der Waals surface area contributed by atoms with Crippen LogP contribution in [0.3, 0.4) is 0 Å². The average Bonchev–Trinajstić information content (AvgIpc) is 3.31. The molecule has 0 aliphatic rings. The fraction of sp³-hybridized carbons (Fsp3) is 0.683. The topological polar surface area (TPSA) is 78.9 Å². The van der Waals surface area contributed by atoms with Gasteiger partial charge in [0.2, 0.25) is 0 Å². The predicted octanol–water partition coefficient (Wildman–Crippen LogP) is 18.1. The maximum Gasteiger partial charge on any atom is 0.306 e. The van der Waals surface area contributed by atoms with Crippen LogP contribution in [0.4, 0.5) is 0 Å². The summed E-state index contributed by atoms with van der Waals surface area (Å²) in [6, 6.07) is 0. The van der Waals surface area contributed by atoms with Crippen molar-refractivity contribution < 1.29 is 28.6 Å². The molecule has 0 saturated carbocycles. The number of hydrogen-bond acceptors (Lipinski definition) is 6. The molecule has 0 rings (SSSR count). The summed E-state index contributed by atoms with van der Waals surface area (Å²) in [5.41, 5.74) is 0. The molecule has 0 bridgehead atoms. The Morgan fingerprint density at radius 1 is 0.318 bits per heavy atom. The molecule has 6 nitrogen and oxygen atoms in total. The standard InChI is InChI=1S/C60H100O6/c1-4-7-10-13-16-19-22-25-28-29-30-31-33-35-38-41-44-47-50-53-59(62)65-56-57(55-64-58(61)52-49-46-43-40-37-34-27-24-21-18-15-12-9-6-3)66-60(63)54-51-48-45-42-39-36-32-26-23-20-17-14-11-8-5-2/h8,11,15-20,24-28,32,39,42,57H,4-7,9-10,12-14,21-23,29-31,33-38,40-41,43-56H2,1-3H3/b11-8-,18-15-,19-16-,20-17-,27-24-,28-25-,32-26-,42-39-. The third kappa shape index (κ3) is 51.3. The Morgan fingerprint density at radius 2 is 0.606 bits per heavy atom. The van der Waals surface area contributed by atoms with Crippen LogP contribution in [0.5, 0.6) is 0 Å². The summed E-state index contributed by atoms with van der Waals surface area (Å²) >= 11 is 0. The van der Waals surface area contributed by atoms with Gasteiger partial charge in [-0.1, -0.05) is 208 Å². The number of unbranched alkanes of at least 4 members (excludes halogenated alkanes) is 21. The summed E-state index contributed by atoms with van der Waals surface area (Å²) in [6.45, 7) is 6.41. The molecule has 0 aromatic heterocycles. The zero-order chi connectivity index (χ0) is 47.9. The minimum atomic E-state index is -0.807. The van der Waals surface area contributed by atoms with Gasteiger partial charge in [-0.25, -0.2) is 0 Å². The predicted molar refractivity (Wildman–Crippen MR) is 284 cm³/mol. The van der Waals surface area contributed by atoms with E-state index >= 15 is 0 Å². The van der Waals surface area contributed by atoms with Gasteiger partial charge in [0.05, 0.1) is 0 Å². The lowest BCUT2D eigenvalue weighted by atomic mass is 10.1. The third-order valence-electron chi connectivity index (χ3n) is 11.3. The molecule has 0 aromatic rings. The second kappa shape index (κ2) is 53.9. The first-order valence-electron chi connectivity index (χ1n) is 27.2. The van der Waals surface area contributed by atoms with Crippen LogP contribution in [-0.4, -0.2) is 37.2 Å². The highest BCUT2D eigenvalue weighted by molar-refractivity contribution is 5.71. The molecule has 0 aliphatic carbocycles.